The van der Waals surface area contributed by atoms with Crippen molar-refractivity contribution in [3.63, 3.8) is 0 Å². The number of aliphatic hydroxyl groups excluding tert-OH is 1. The van der Waals surface area contributed by atoms with E-state index in [9.17, 15) is 13.5 Å². The van der Waals surface area contributed by atoms with Gasteiger partial charge in [0, 0.05) is 19.7 Å². The summed E-state index contributed by atoms with van der Waals surface area (Å²) in [5.41, 5.74) is 1.42. The molecule has 0 aliphatic rings. The summed E-state index contributed by atoms with van der Waals surface area (Å²) < 4.78 is 24.4. The molecule has 0 aliphatic heterocycles. The quantitative estimate of drug-likeness (QED) is 0.878. The van der Waals surface area contributed by atoms with Crippen molar-refractivity contribution < 1.29 is 13.5 Å². The summed E-state index contributed by atoms with van der Waals surface area (Å²) in [5, 5.41) is 13.9. The molecule has 0 spiro atoms. The molecule has 2 atom stereocenters. The molecule has 0 aromatic carbocycles. The van der Waals surface area contributed by atoms with Crippen molar-refractivity contribution in [3.8, 4) is 0 Å². The Kier molecular flexibility index (Phi) is 4.80. The van der Waals surface area contributed by atoms with Gasteiger partial charge in [-0.1, -0.05) is 18.5 Å². The molecule has 18 heavy (non-hydrogen) atoms. The molecule has 0 radical (unpaired) electrons. The normalized spacial score (nSPS) is 15.7. The van der Waals surface area contributed by atoms with Gasteiger partial charge in [0.2, 0.25) is 0 Å². The molecule has 1 heterocycles. The lowest BCUT2D eigenvalue weighted by atomic mass is 10.1. The minimum absolute atomic E-state index is 0.177. The van der Waals surface area contributed by atoms with Gasteiger partial charge in [-0.25, -0.2) is 8.42 Å². The molecule has 5 nitrogen and oxygen atoms in total. The van der Waals surface area contributed by atoms with Gasteiger partial charge in [0.15, 0.2) is 9.84 Å². The average Bonchev–Trinajstić information content (AvgIpc) is 2.54. The summed E-state index contributed by atoms with van der Waals surface area (Å²) in [6.07, 6.45) is 1.00. The van der Waals surface area contributed by atoms with Gasteiger partial charge in [0.25, 0.3) is 0 Å². The van der Waals surface area contributed by atoms with Gasteiger partial charge in [-0.2, -0.15) is 5.10 Å². The Morgan fingerprint density at radius 2 is 2.06 bits per heavy atom. The monoisotopic (exact) mass is 294 g/mol. The van der Waals surface area contributed by atoms with E-state index in [2.05, 4.69) is 5.10 Å². The number of aliphatic hydroxyl groups is 1. The van der Waals surface area contributed by atoms with E-state index in [1.807, 2.05) is 6.92 Å². The van der Waals surface area contributed by atoms with E-state index in [4.69, 9.17) is 11.6 Å². The number of hydrogen-bond donors (Lipinski definition) is 1. The first-order chi connectivity index (χ1) is 8.18. The van der Waals surface area contributed by atoms with Gasteiger partial charge in [-0.3, -0.25) is 4.68 Å². The van der Waals surface area contributed by atoms with Crippen LogP contribution in [-0.2, 0) is 29.7 Å². The number of rotatable bonds is 5. The Morgan fingerprint density at radius 3 is 2.44 bits per heavy atom. The fourth-order valence-electron chi connectivity index (χ4n) is 1.69. The number of nitrogens with zero attached hydrogens (tertiary/aromatic N) is 2. The lowest BCUT2D eigenvalue weighted by Crippen LogP contribution is -2.32. The van der Waals surface area contributed by atoms with Crippen LogP contribution in [0.25, 0.3) is 0 Å². The van der Waals surface area contributed by atoms with Crippen molar-refractivity contribution in [3.05, 3.63) is 16.4 Å². The van der Waals surface area contributed by atoms with Crippen molar-refractivity contribution in [2.45, 2.75) is 38.0 Å². The largest absolute Gasteiger partial charge is 0.391 e. The molecule has 1 aromatic heterocycles. The summed E-state index contributed by atoms with van der Waals surface area (Å²) in [5.74, 6) is 0. The number of aryl methyl sites for hydroxylation is 2. The molecule has 1 rings (SSSR count). The van der Waals surface area contributed by atoms with Crippen molar-refractivity contribution in [2.24, 2.45) is 7.05 Å². The molecule has 0 amide bonds. The van der Waals surface area contributed by atoms with Crippen molar-refractivity contribution in [1.82, 2.24) is 9.78 Å². The highest BCUT2D eigenvalue weighted by Crippen LogP contribution is 2.23. The van der Waals surface area contributed by atoms with E-state index in [1.54, 1.807) is 11.7 Å². The molecule has 1 N–H and O–H groups in total. The summed E-state index contributed by atoms with van der Waals surface area (Å²) in [6.45, 7) is 3.43. The summed E-state index contributed by atoms with van der Waals surface area (Å²) >= 11 is 6.15. The Bertz CT molecular complexity index is 525. The van der Waals surface area contributed by atoms with Crippen LogP contribution in [0.15, 0.2) is 0 Å². The third kappa shape index (κ3) is 3.24. The number of halogens is 1. The average molecular weight is 295 g/mol. The lowest BCUT2D eigenvalue weighted by Gasteiger charge is -2.17. The number of sulfone groups is 1. The van der Waals surface area contributed by atoms with E-state index in [0.29, 0.717) is 17.1 Å². The zero-order valence-corrected chi connectivity index (χ0v) is 12.6. The van der Waals surface area contributed by atoms with Crippen LogP contribution in [-0.4, -0.2) is 40.9 Å². The summed E-state index contributed by atoms with van der Waals surface area (Å²) in [4.78, 5) is 0. The molecule has 2 unspecified atom stereocenters. The summed E-state index contributed by atoms with van der Waals surface area (Å²) in [6, 6.07) is 0. The Morgan fingerprint density at radius 1 is 1.50 bits per heavy atom. The fourth-order valence-corrected chi connectivity index (χ4v) is 2.73. The smallest absolute Gasteiger partial charge is 0.152 e. The third-order valence-corrected chi connectivity index (χ3v) is 5.22. The van der Waals surface area contributed by atoms with Crippen LogP contribution in [0.3, 0.4) is 0 Å². The van der Waals surface area contributed by atoms with E-state index in [0.717, 1.165) is 11.9 Å². The Hall–Kier alpha value is -0.590. The zero-order chi connectivity index (χ0) is 14.1. The third-order valence-electron chi connectivity index (χ3n) is 3.12. The Balaban J connectivity index is 2.95. The van der Waals surface area contributed by atoms with Crippen LogP contribution in [0, 0.1) is 0 Å². The minimum atomic E-state index is -3.27. The number of hydrogen-bond acceptors (Lipinski definition) is 4. The molecule has 7 heteroatoms. The fraction of sp³-hybridized carbons (Fsp3) is 0.727. The van der Waals surface area contributed by atoms with Crippen molar-refractivity contribution in [2.75, 3.05) is 6.26 Å². The second-order valence-corrected chi connectivity index (χ2v) is 7.27. The van der Waals surface area contributed by atoms with Crippen LogP contribution in [0.2, 0.25) is 5.02 Å². The highest BCUT2D eigenvalue weighted by Gasteiger charge is 2.26. The topological polar surface area (TPSA) is 72.2 Å². The maximum Gasteiger partial charge on any atom is 0.152 e. The highest BCUT2D eigenvalue weighted by molar-refractivity contribution is 7.91. The van der Waals surface area contributed by atoms with Crippen LogP contribution in [0.1, 0.15) is 25.2 Å². The van der Waals surface area contributed by atoms with E-state index >= 15 is 0 Å². The van der Waals surface area contributed by atoms with Crippen molar-refractivity contribution >= 4 is 21.4 Å². The van der Waals surface area contributed by atoms with Gasteiger partial charge in [-0.15, -0.1) is 0 Å². The van der Waals surface area contributed by atoms with Crippen LogP contribution in [0.5, 0.6) is 0 Å². The zero-order valence-electron chi connectivity index (χ0n) is 11.0. The molecule has 0 saturated heterocycles. The van der Waals surface area contributed by atoms with Crippen molar-refractivity contribution in [1.29, 1.82) is 0 Å². The molecule has 0 fully saturated rings. The standard InChI is InChI=1S/C11H19ClN2O3S/c1-5-8-11(12)9(14(3)13-8)6-10(15)7(2)18(4,16)17/h7,10,15H,5-6H2,1-4H3. The second kappa shape index (κ2) is 5.59. The van der Waals surface area contributed by atoms with E-state index < -0.39 is 21.2 Å². The molecule has 104 valence electrons. The van der Waals surface area contributed by atoms with Crippen LogP contribution in [0.4, 0.5) is 0 Å². The Labute approximate surface area is 113 Å². The van der Waals surface area contributed by atoms with Crippen LogP contribution < -0.4 is 0 Å². The lowest BCUT2D eigenvalue weighted by molar-refractivity contribution is 0.171. The van der Waals surface area contributed by atoms with Gasteiger partial charge in [0.05, 0.1) is 27.8 Å². The molecule has 0 saturated carbocycles. The number of aromatic nitrogens is 2. The highest BCUT2D eigenvalue weighted by atomic mass is 35.5. The van der Waals surface area contributed by atoms with Crippen LogP contribution >= 0.6 is 11.6 Å². The molecule has 0 bridgehead atoms. The molecular formula is C11H19ClN2O3S. The second-order valence-electron chi connectivity index (χ2n) is 4.49. The van der Waals surface area contributed by atoms with Gasteiger partial charge in [-0.05, 0) is 13.3 Å². The maximum atomic E-state index is 11.4. The first-order valence-electron chi connectivity index (χ1n) is 5.75. The van der Waals surface area contributed by atoms with E-state index in [1.165, 1.54) is 6.92 Å². The molecule has 1 aromatic rings. The molecule has 0 aliphatic carbocycles. The maximum absolute atomic E-state index is 11.4. The van der Waals surface area contributed by atoms with Gasteiger partial charge in [0.1, 0.15) is 0 Å². The first-order valence-corrected chi connectivity index (χ1v) is 8.08. The summed E-state index contributed by atoms with van der Waals surface area (Å²) in [7, 11) is -1.54. The minimum Gasteiger partial charge on any atom is -0.391 e. The van der Waals surface area contributed by atoms with E-state index in [-0.39, 0.29) is 6.42 Å². The predicted octanol–water partition coefficient (Wildman–Crippen LogP) is 0.972. The predicted molar refractivity (Wildman–Crippen MR) is 71.6 cm³/mol. The SMILES string of the molecule is CCc1nn(C)c(CC(O)C(C)S(C)(=O)=O)c1Cl. The first kappa shape index (κ1) is 15.5. The van der Waals surface area contributed by atoms with Gasteiger partial charge >= 0.3 is 0 Å². The molecular weight excluding hydrogens is 276 g/mol. The van der Waals surface area contributed by atoms with Gasteiger partial charge < -0.3 is 5.11 Å².